The first-order chi connectivity index (χ1) is 18.9. The zero-order valence-corrected chi connectivity index (χ0v) is 25.1. The standard InChI is InChI=1S/C33H35ClN2O3S/c1-23-11-20-29(34)21-31(23)36(40(38,39)30-9-7-6-8-10-30)22-25-12-14-27(15-13-25)32(37)35-24(2)26-16-18-28(19-17-26)33(3,4)5/h6-21,24H,22H2,1-5H3,(H,35,37). The van der Waals surface area contributed by atoms with Gasteiger partial charge in [-0.1, -0.05) is 93.0 Å². The molecule has 4 aromatic rings. The number of rotatable bonds is 8. The molecule has 0 saturated heterocycles. The van der Waals surface area contributed by atoms with Crippen LogP contribution in [0.1, 0.15) is 66.3 Å². The van der Waals surface area contributed by atoms with Gasteiger partial charge >= 0.3 is 0 Å². The van der Waals surface area contributed by atoms with Crippen molar-refractivity contribution in [2.75, 3.05) is 4.31 Å². The van der Waals surface area contributed by atoms with E-state index in [0.717, 1.165) is 16.7 Å². The summed E-state index contributed by atoms with van der Waals surface area (Å²) in [6, 6.07) is 28.7. The van der Waals surface area contributed by atoms with Crippen LogP contribution in [0.3, 0.4) is 0 Å². The number of hydrogen-bond donors (Lipinski definition) is 1. The molecule has 7 heteroatoms. The average molecular weight is 575 g/mol. The number of carbonyl (C=O) groups excluding carboxylic acids is 1. The van der Waals surface area contributed by atoms with Gasteiger partial charge in [-0.15, -0.1) is 0 Å². The summed E-state index contributed by atoms with van der Waals surface area (Å²) in [6.45, 7) is 10.4. The Labute approximate surface area is 242 Å². The van der Waals surface area contributed by atoms with E-state index in [1.54, 1.807) is 72.8 Å². The van der Waals surface area contributed by atoms with Gasteiger partial charge in [0.25, 0.3) is 15.9 Å². The Morgan fingerprint density at radius 3 is 2.12 bits per heavy atom. The molecule has 0 fully saturated rings. The first-order valence-corrected chi connectivity index (χ1v) is 15.0. The number of amides is 1. The zero-order valence-electron chi connectivity index (χ0n) is 23.5. The van der Waals surface area contributed by atoms with Gasteiger partial charge in [-0.2, -0.15) is 0 Å². The maximum atomic E-state index is 13.7. The lowest BCUT2D eigenvalue weighted by molar-refractivity contribution is 0.0940. The van der Waals surface area contributed by atoms with Crippen molar-refractivity contribution in [1.29, 1.82) is 0 Å². The fourth-order valence-electron chi connectivity index (χ4n) is 4.43. The predicted octanol–water partition coefficient (Wildman–Crippen LogP) is 7.83. The Kier molecular flexibility index (Phi) is 8.71. The van der Waals surface area contributed by atoms with E-state index in [9.17, 15) is 13.2 Å². The molecule has 1 unspecified atom stereocenters. The number of benzene rings is 4. The van der Waals surface area contributed by atoms with Crippen LogP contribution in [-0.4, -0.2) is 14.3 Å². The number of halogens is 1. The van der Waals surface area contributed by atoms with Crippen LogP contribution in [0.25, 0.3) is 0 Å². The number of carbonyl (C=O) groups is 1. The van der Waals surface area contributed by atoms with Gasteiger partial charge in [0.15, 0.2) is 0 Å². The summed E-state index contributed by atoms with van der Waals surface area (Å²) in [5.74, 6) is -0.196. The van der Waals surface area contributed by atoms with Crippen LogP contribution in [0.4, 0.5) is 5.69 Å². The largest absolute Gasteiger partial charge is 0.346 e. The highest BCUT2D eigenvalue weighted by molar-refractivity contribution is 7.92. The number of nitrogens with zero attached hydrogens (tertiary/aromatic N) is 1. The molecule has 1 atom stereocenters. The van der Waals surface area contributed by atoms with Crippen molar-refractivity contribution >= 4 is 33.2 Å². The van der Waals surface area contributed by atoms with Gasteiger partial charge in [-0.05, 0) is 77.9 Å². The summed E-state index contributed by atoms with van der Waals surface area (Å²) in [5, 5.41) is 3.50. The lowest BCUT2D eigenvalue weighted by Crippen LogP contribution is -2.31. The van der Waals surface area contributed by atoms with Crippen LogP contribution < -0.4 is 9.62 Å². The molecule has 0 heterocycles. The first-order valence-electron chi connectivity index (χ1n) is 13.2. The molecule has 0 saturated carbocycles. The fraction of sp³-hybridized carbons (Fsp3) is 0.242. The summed E-state index contributed by atoms with van der Waals surface area (Å²) in [4.78, 5) is 13.2. The molecule has 5 nitrogen and oxygen atoms in total. The van der Waals surface area contributed by atoms with Crippen molar-refractivity contribution in [2.24, 2.45) is 0 Å². The van der Waals surface area contributed by atoms with Crippen molar-refractivity contribution in [3.8, 4) is 0 Å². The lowest BCUT2D eigenvalue weighted by Gasteiger charge is -2.26. The average Bonchev–Trinajstić information content (AvgIpc) is 2.93. The van der Waals surface area contributed by atoms with E-state index < -0.39 is 10.0 Å². The van der Waals surface area contributed by atoms with Crippen molar-refractivity contribution in [3.05, 3.63) is 130 Å². The van der Waals surface area contributed by atoms with Gasteiger partial charge in [0, 0.05) is 10.6 Å². The molecule has 0 aromatic heterocycles. The minimum absolute atomic E-state index is 0.0637. The SMILES string of the molecule is Cc1ccc(Cl)cc1N(Cc1ccc(C(=O)NC(C)c2ccc(C(C)(C)C)cc2)cc1)S(=O)(=O)c1ccccc1. The number of nitrogens with one attached hydrogen (secondary N) is 1. The van der Waals surface area contributed by atoms with Crippen LogP contribution in [-0.2, 0) is 22.0 Å². The highest BCUT2D eigenvalue weighted by Gasteiger charge is 2.27. The quantitative estimate of drug-likeness (QED) is 0.233. The molecule has 0 aliphatic rings. The van der Waals surface area contributed by atoms with Crippen LogP contribution >= 0.6 is 11.6 Å². The Morgan fingerprint density at radius 1 is 0.900 bits per heavy atom. The number of aryl methyl sites for hydroxylation is 1. The minimum atomic E-state index is -3.88. The van der Waals surface area contributed by atoms with Gasteiger partial charge in [0.05, 0.1) is 23.2 Å². The molecule has 0 radical (unpaired) electrons. The number of hydrogen-bond acceptors (Lipinski definition) is 3. The third-order valence-electron chi connectivity index (χ3n) is 6.94. The molecule has 40 heavy (non-hydrogen) atoms. The van der Waals surface area contributed by atoms with Gasteiger partial charge in [-0.3, -0.25) is 9.10 Å². The van der Waals surface area contributed by atoms with E-state index in [0.29, 0.717) is 16.3 Å². The summed E-state index contributed by atoms with van der Waals surface area (Å²) < 4.78 is 28.8. The molecular formula is C33H35ClN2O3S. The molecule has 0 aliphatic carbocycles. The summed E-state index contributed by atoms with van der Waals surface area (Å²) in [6.07, 6.45) is 0. The summed E-state index contributed by atoms with van der Waals surface area (Å²) in [7, 11) is -3.88. The molecule has 4 aromatic carbocycles. The second-order valence-corrected chi connectivity index (χ2v) is 13.3. The molecule has 208 valence electrons. The summed E-state index contributed by atoms with van der Waals surface area (Å²) >= 11 is 6.26. The monoisotopic (exact) mass is 574 g/mol. The maximum Gasteiger partial charge on any atom is 0.264 e. The highest BCUT2D eigenvalue weighted by atomic mass is 35.5. The first kappa shape index (κ1) is 29.4. The zero-order chi connectivity index (χ0) is 29.1. The Hall–Kier alpha value is -3.61. The third kappa shape index (κ3) is 6.75. The Balaban J connectivity index is 1.54. The molecule has 0 spiro atoms. The van der Waals surface area contributed by atoms with Gasteiger partial charge in [0.1, 0.15) is 0 Å². The predicted molar refractivity (Wildman–Crippen MR) is 163 cm³/mol. The Bertz CT molecular complexity index is 1580. The van der Waals surface area contributed by atoms with Crippen LogP contribution in [0.15, 0.2) is 102 Å². The maximum absolute atomic E-state index is 13.7. The van der Waals surface area contributed by atoms with E-state index in [4.69, 9.17) is 11.6 Å². The van der Waals surface area contributed by atoms with E-state index in [2.05, 4.69) is 38.2 Å². The van der Waals surface area contributed by atoms with Crippen molar-refractivity contribution < 1.29 is 13.2 Å². The van der Waals surface area contributed by atoms with Gasteiger partial charge in [-0.25, -0.2) is 8.42 Å². The highest BCUT2D eigenvalue weighted by Crippen LogP contribution is 2.31. The molecule has 0 aliphatic heterocycles. The minimum Gasteiger partial charge on any atom is -0.346 e. The molecule has 1 amide bonds. The van der Waals surface area contributed by atoms with Crippen LogP contribution in [0.2, 0.25) is 5.02 Å². The molecule has 0 bridgehead atoms. The van der Waals surface area contributed by atoms with Crippen LogP contribution in [0, 0.1) is 6.92 Å². The topological polar surface area (TPSA) is 66.5 Å². The normalized spacial score (nSPS) is 12.6. The van der Waals surface area contributed by atoms with Crippen molar-refractivity contribution in [1.82, 2.24) is 5.32 Å². The Morgan fingerprint density at radius 2 is 1.52 bits per heavy atom. The van der Waals surface area contributed by atoms with E-state index >= 15 is 0 Å². The van der Waals surface area contributed by atoms with Crippen molar-refractivity contribution in [2.45, 2.75) is 57.5 Å². The van der Waals surface area contributed by atoms with Crippen molar-refractivity contribution in [3.63, 3.8) is 0 Å². The van der Waals surface area contributed by atoms with E-state index in [1.165, 1.54) is 9.87 Å². The van der Waals surface area contributed by atoms with Crippen LogP contribution in [0.5, 0.6) is 0 Å². The molecule has 4 rings (SSSR count). The summed E-state index contributed by atoms with van der Waals surface area (Å²) in [5.41, 5.74) is 4.85. The van der Waals surface area contributed by atoms with E-state index in [1.807, 2.05) is 26.0 Å². The second-order valence-electron chi connectivity index (χ2n) is 11.0. The van der Waals surface area contributed by atoms with E-state index in [-0.39, 0.29) is 28.8 Å². The second kappa shape index (κ2) is 11.9. The third-order valence-corrected chi connectivity index (χ3v) is 8.95. The van der Waals surface area contributed by atoms with Gasteiger partial charge < -0.3 is 5.32 Å². The smallest absolute Gasteiger partial charge is 0.264 e. The lowest BCUT2D eigenvalue weighted by atomic mass is 9.86. The fourth-order valence-corrected chi connectivity index (χ4v) is 6.13. The molecule has 1 N–H and O–H groups in total. The van der Waals surface area contributed by atoms with Gasteiger partial charge in [0.2, 0.25) is 0 Å². The number of sulfonamides is 1. The number of anilines is 1. The molecular weight excluding hydrogens is 540 g/mol.